The molecule has 0 saturated heterocycles. The Hall–Kier alpha value is -1.65. The van der Waals surface area contributed by atoms with Crippen LogP contribution in [-0.2, 0) is 42.3 Å². The second kappa shape index (κ2) is 13.6. The van der Waals surface area contributed by atoms with Crippen LogP contribution in [0.2, 0.25) is 0 Å². The number of rotatable bonds is 5. The molecule has 0 spiro atoms. The molecule has 0 saturated carbocycles. The molecule has 0 atom stereocenters. The predicted octanol–water partition coefficient (Wildman–Crippen LogP) is 6.12. The minimum atomic E-state index is -0.0555. The van der Waals surface area contributed by atoms with E-state index < -0.39 is 0 Å². The van der Waals surface area contributed by atoms with Gasteiger partial charge in [0.15, 0.2) is 0 Å². The van der Waals surface area contributed by atoms with E-state index in [-0.39, 0.29) is 44.5 Å². The van der Waals surface area contributed by atoms with Crippen molar-refractivity contribution in [2.45, 2.75) is 68.2 Å². The van der Waals surface area contributed by atoms with Crippen LogP contribution >= 0.6 is 0 Å². The molecule has 0 bridgehead atoms. The first kappa shape index (κ1) is 28.4. The van der Waals surface area contributed by atoms with Crippen molar-refractivity contribution >= 4 is 23.2 Å². The number of aryl methyl sites for hydroxylation is 6. The van der Waals surface area contributed by atoms with Gasteiger partial charge in [-0.1, -0.05) is 42.3 Å². The summed E-state index contributed by atoms with van der Waals surface area (Å²) in [5.41, 5.74) is 8.85. The predicted molar refractivity (Wildman–Crippen MR) is 123 cm³/mol. The zero-order chi connectivity index (χ0) is 22.1. The molecule has 0 aliphatic carbocycles. The molecule has 0 unspecified atom stereocenters. The number of nitrogens with one attached hydrogen (secondary N) is 2. The summed E-state index contributed by atoms with van der Waals surface area (Å²) < 4.78 is 0. The van der Waals surface area contributed by atoms with Crippen molar-refractivity contribution in [1.82, 2.24) is 0 Å². The van der Waals surface area contributed by atoms with Crippen LogP contribution in [0.15, 0.2) is 24.3 Å². The van der Waals surface area contributed by atoms with Gasteiger partial charge < -0.3 is 21.8 Å². The van der Waals surface area contributed by atoms with E-state index in [1.54, 1.807) is 6.92 Å². The number of carbonyl (C=O) groups is 2. The maximum absolute atomic E-state index is 11.5. The quantitative estimate of drug-likeness (QED) is 0.502. The topological polar surface area (TPSA) is 58.2 Å². The van der Waals surface area contributed by atoms with Crippen molar-refractivity contribution in [3.05, 3.63) is 64.1 Å². The zero-order valence-electron chi connectivity index (χ0n) is 19.7. The van der Waals surface area contributed by atoms with Crippen molar-refractivity contribution < 1.29 is 42.3 Å². The van der Waals surface area contributed by atoms with Crippen molar-refractivity contribution in [2.24, 2.45) is 0 Å². The summed E-state index contributed by atoms with van der Waals surface area (Å²) >= 11 is 0. The van der Waals surface area contributed by atoms with E-state index in [0.717, 1.165) is 40.0 Å². The Morgan fingerprint density at radius 3 is 1.47 bits per heavy atom. The van der Waals surface area contributed by atoms with E-state index in [0.29, 0.717) is 6.42 Å². The first-order valence-electron chi connectivity index (χ1n) is 10.1. The van der Waals surface area contributed by atoms with Crippen LogP contribution in [0, 0.1) is 48.0 Å². The largest absolute Gasteiger partial charge is 0.351 e. The Bertz CT molecular complexity index is 829. The minimum Gasteiger partial charge on any atom is -0.351 e. The van der Waals surface area contributed by atoms with E-state index in [1.165, 1.54) is 17.5 Å². The van der Waals surface area contributed by atoms with E-state index >= 15 is 0 Å². The molecule has 1 radical (unpaired) electrons. The van der Waals surface area contributed by atoms with Gasteiger partial charge in [-0.3, -0.25) is 4.79 Å². The van der Waals surface area contributed by atoms with Gasteiger partial charge in [-0.25, -0.2) is 0 Å². The Morgan fingerprint density at radius 2 is 1.13 bits per heavy atom. The second-order valence-electron chi connectivity index (χ2n) is 7.62. The first-order chi connectivity index (χ1) is 13.6. The molecule has 0 aliphatic heterocycles. The molecule has 161 valence electrons. The third-order valence-corrected chi connectivity index (χ3v) is 4.61. The summed E-state index contributed by atoms with van der Waals surface area (Å²) in [4.78, 5) is 22.7. The third kappa shape index (κ3) is 9.01. The van der Waals surface area contributed by atoms with Crippen LogP contribution in [0.4, 0.5) is 11.4 Å². The van der Waals surface area contributed by atoms with Crippen LogP contribution in [0.5, 0.6) is 0 Å². The van der Waals surface area contributed by atoms with E-state index in [2.05, 4.69) is 48.7 Å². The van der Waals surface area contributed by atoms with E-state index in [9.17, 15) is 9.59 Å². The summed E-state index contributed by atoms with van der Waals surface area (Å²) in [7, 11) is 0. The molecule has 4 nitrogen and oxygen atoms in total. The fourth-order valence-corrected chi connectivity index (χ4v) is 3.38. The van der Waals surface area contributed by atoms with Gasteiger partial charge >= 0.3 is 0 Å². The van der Waals surface area contributed by atoms with Crippen LogP contribution in [0.3, 0.4) is 0 Å². The van der Waals surface area contributed by atoms with E-state index in [4.69, 9.17) is 0 Å². The smallest absolute Gasteiger partial charge is 0.224 e. The summed E-state index contributed by atoms with van der Waals surface area (Å²) in [6, 6.07) is 8.32. The van der Waals surface area contributed by atoms with E-state index in [1.807, 2.05) is 34.6 Å². The van der Waals surface area contributed by atoms with Crippen molar-refractivity contribution in [3.8, 4) is 0 Å². The van der Waals surface area contributed by atoms with Crippen molar-refractivity contribution in [3.63, 3.8) is 0 Å². The molecule has 2 amide bonds. The SMILES string of the molecule is CCCC(=O)Nc1c(C)cc(C)cc1C.C[CH-]C(=O)Nc1c(C)cc(C)cc1C.[Y]. The average Bonchev–Trinajstić information content (AvgIpc) is 2.61. The zero-order valence-corrected chi connectivity index (χ0v) is 22.5. The maximum atomic E-state index is 11.5. The molecule has 2 rings (SSSR count). The Balaban J connectivity index is 0.000000544. The third-order valence-electron chi connectivity index (χ3n) is 4.61. The second-order valence-corrected chi connectivity index (χ2v) is 7.62. The number of hydrogen-bond acceptors (Lipinski definition) is 2. The van der Waals surface area contributed by atoms with Gasteiger partial charge in [0.2, 0.25) is 5.91 Å². The molecular weight excluding hydrogens is 449 g/mol. The number of carbonyl (C=O) groups excluding carboxylic acids is 2. The van der Waals surface area contributed by atoms with Gasteiger partial charge in [0.25, 0.3) is 0 Å². The molecule has 30 heavy (non-hydrogen) atoms. The van der Waals surface area contributed by atoms with Crippen LogP contribution in [0.25, 0.3) is 0 Å². The molecule has 2 aromatic carbocycles. The van der Waals surface area contributed by atoms with Gasteiger partial charge in [0, 0.05) is 50.5 Å². The van der Waals surface area contributed by atoms with Crippen LogP contribution < -0.4 is 10.6 Å². The van der Waals surface area contributed by atoms with Gasteiger partial charge in [0.05, 0.1) is 5.91 Å². The number of amides is 2. The van der Waals surface area contributed by atoms with Crippen molar-refractivity contribution in [2.75, 3.05) is 10.6 Å². The molecule has 2 N–H and O–H groups in total. The summed E-state index contributed by atoms with van der Waals surface area (Å²) in [6.07, 6.45) is 3.00. The Morgan fingerprint density at radius 1 is 0.767 bits per heavy atom. The monoisotopic (exact) mass is 484 g/mol. The number of anilines is 2. The molecule has 0 aliphatic rings. The molecule has 0 fully saturated rings. The Labute approximate surface area is 207 Å². The number of benzene rings is 2. The minimum absolute atomic E-state index is 0. The number of hydrogen-bond donors (Lipinski definition) is 2. The standard InChI is InChI=1S/C13H19NO.C12H16NO.Y/c1-5-6-12(15)14-13-10(3)7-9(2)8-11(13)4;1-5-11(14)13-12-9(3)6-8(2)7-10(12)4;/h7-8H,5-6H2,1-4H3,(H,14,15);5-7H,1-4H3,(H,13,14);/q;-1;. The van der Waals surface area contributed by atoms with Gasteiger partial charge in [-0.2, -0.15) is 6.92 Å². The molecular formula is C25H35N2O2Y-. The van der Waals surface area contributed by atoms with Gasteiger partial charge in [-0.05, 0) is 70.2 Å². The fraction of sp³-hybridized carbons (Fsp3) is 0.400. The first-order valence-corrected chi connectivity index (χ1v) is 10.1. The molecule has 5 heteroatoms. The molecule has 0 aromatic heterocycles. The normalized spacial score (nSPS) is 9.60. The summed E-state index contributed by atoms with van der Waals surface area (Å²) in [5.74, 6) is 0.0487. The summed E-state index contributed by atoms with van der Waals surface area (Å²) in [6.45, 7) is 15.9. The van der Waals surface area contributed by atoms with Gasteiger partial charge in [0.1, 0.15) is 0 Å². The fourth-order valence-electron chi connectivity index (χ4n) is 3.38. The van der Waals surface area contributed by atoms with Gasteiger partial charge in [-0.15, -0.1) is 0 Å². The summed E-state index contributed by atoms with van der Waals surface area (Å²) in [5, 5.41) is 5.83. The van der Waals surface area contributed by atoms with Crippen LogP contribution in [0.1, 0.15) is 60.1 Å². The Kier molecular flexibility index (Phi) is 12.9. The maximum Gasteiger partial charge on any atom is 0.224 e. The van der Waals surface area contributed by atoms with Crippen LogP contribution in [-0.4, -0.2) is 11.8 Å². The molecule has 0 heterocycles. The van der Waals surface area contributed by atoms with Crippen molar-refractivity contribution in [1.29, 1.82) is 0 Å². The molecule has 2 aromatic rings. The average molecular weight is 484 g/mol.